The molecule has 19 heavy (non-hydrogen) atoms. The van der Waals surface area contributed by atoms with Crippen LogP contribution in [0.1, 0.15) is 12.0 Å². The van der Waals surface area contributed by atoms with Crippen LogP contribution in [-0.2, 0) is 16.1 Å². The molecule has 0 spiro atoms. The molecule has 2 heterocycles. The monoisotopic (exact) mass is 254 g/mol. The van der Waals surface area contributed by atoms with E-state index in [1.165, 1.54) is 4.90 Å². The lowest BCUT2D eigenvalue weighted by Crippen LogP contribution is -2.32. The topological polar surface area (TPSA) is 50.3 Å². The third-order valence-corrected chi connectivity index (χ3v) is 4.63. The summed E-state index contributed by atoms with van der Waals surface area (Å²) in [4.78, 5) is 30.3. The minimum absolute atomic E-state index is 0.00991. The molecule has 4 nitrogen and oxygen atoms in total. The molecular formula is C15H14N2O2. The van der Waals surface area contributed by atoms with Crippen molar-refractivity contribution in [2.45, 2.75) is 13.0 Å². The smallest absolute Gasteiger partial charge is 0.234 e. The molecule has 3 aliphatic rings. The van der Waals surface area contributed by atoms with Gasteiger partial charge in [-0.25, -0.2) is 0 Å². The zero-order chi connectivity index (χ0) is 13.0. The second-order valence-electron chi connectivity index (χ2n) is 5.62. The van der Waals surface area contributed by atoms with Gasteiger partial charge < -0.3 is 0 Å². The SMILES string of the molecule is O=C1[C@@H]2[C@H](C(=O)N1Cc1cccnc1)[C@@H]1C=C[C@H]2C1. The number of allylic oxidation sites excluding steroid dienone is 2. The van der Waals surface area contributed by atoms with Gasteiger partial charge in [-0.1, -0.05) is 18.2 Å². The highest BCUT2D eigenvalue weighted by Gasteiger charge is 2.59. The van der Waals surface area contributed by atoms with Gasteiger partial charge in [0.1, 0.15) is 0 Å². The van der Waals surface area contributed by atoms with E-state index in [0.717, 1.165) is 12.0 Å². The Balaban J connectivity index is 1.62. The molecule has 2 aliphatic carbocycles. The minimum Gasteiger partial charge on any atom is -0.278 e. The minimum atomic E-state index is -0.0980. The summed E-state index contributed by atoms with van der Waals surface area (Å²) in [6.07, 6.45) is 8.61. The fraction of sp³-hybridized carbons (Fsp3) is 0.400. The lowest BCUT2D eigenvalue weighted by Gasteiger charge is -2.16. The van der Waals surface area contributed by atoms with Crippen LogP contribution in [0.3, 0.4) is 0 Å². The number of hydrogen-bond acceptors (Lipinski definition) is 3. The van der Waals surface area contributed by atoms with E-state index < -0.39 is 0 Å². The van der Waals surface area contributed by atoms with Gasteiger partial charge in [-0.3, -0.25) is 19.5 Å². The number of aromatic nitrogens is 1. The van der Waals surface area contributed by atoms with Crippen LogP contribution in [0.2, 0.25) is 0 Å². The number of imide groups is 1. The van der Waals surface area contributed by atoms with Crippen LogP contribution in [0.15, 0.2) is 36.7 Å². The molecule has 2 amide bonds. The molecule has 0 N–H and O–H groups in total. The highest BCUT2D eigenvalue weighted by molar-refractivity contribution is 6.06. The molecule has 0 aromatic carbocycles. The number of likely N-dealkylation sites (tertiary alicyclic amines) is 1. The molecule has 4 heteroatoms. The molecule has 1 aromatic heterocycles. The molecular weight excluding hydrogens is 240 g/mol. The molecule has 1 saturated heterocycles. The van der Waals surface area contributed by atoms with Gasteiger partial charge in [-0.05, 0) is 29.9 Å². The maximum absolute atomic E-state index is 12.4. The van der Waals surface area contributed by atoms with Gasteiger partial charge in [-0.15, -0.1) is 0 Å². The predicted octanol–water partition coefficient (Wildman–Crippen LogP) is 1.39. The Morgan fingerprint density at radius 3 is 2.42 bits per heavy atom. The van der Waals surface area contributed by atoms with Crippen molar-refractivity contribution in [3.05, 3.63) is 42.2 Å². The molecule has 4 rings (SSSR count). The van der Waals surface area contributed by atoms with Crippen molar-refractivity contribution in [1.29, 1.82) is 0 Å². The number of rotatable bonds is 2. The van der Waals surface area contributed by atoms with Crippen molar-refractivity contribution in [3.63, 3.8) is 0 Å². The second kappa shape index (κ2) is 3.76. The summed E-state index contributed by atoms with van der Waals surface area (Å²) in [6.45, 7) is 0.359. The third kappa shape index (κ3) is 1.43. The molecule has 0 unspecified atom stereocenters. The van der Waals surface area contributed by atoms with Crippen molar-refractivity contribution in [3.8, 4) is 0 Å². The first-order valence-corrected chi connectivity index (χ1v) is 6.68. The normalized spacial score (nSPS) is 35.3. The van der Waals surface area contributed by atoms with E-state index >= 15 is 0 Å². The van der Waals surface area contributed by atoms with Crippen LogP contribution in [0.25, 0.3) is 0 Å². The number of pyridine rings is 1. The number of fused-ring (bicyclic) bond motifs is 5. The van der Waals surface area contributed by atoms with Crippen LogP contribution < -0.4 is 0 Å². The maximum atomic E-state index is 12.4. The van der Waals surface area contributed by atoms with Gasteiger partial charge in [0.25, 0.3) is 0 Å². The average molecular weight is 254 g/mol. The summed E-state index contributed by atoms with van der Waals surface area (Å²) < 4.78 is 0. The summed E-state index contributed by atoms with van der Waals surface area (Å²) in [7, 11) is 0. The van der Waals surface area contributed by atoms with Gasteiger partial charge in [0, 0.05) is 12.4 Å². The first-order chi connectivity index (χ1) is 9.25. The Morgan fingerprint density at radius 1 is 1.16 bits per heavy atom. The van der Waals surface area contributed by atoms with E-state index in [4.69, 9.17) is 0 Å². The highest BCUT2D eigenvalue weighted by Crippen LogP contribution is 2.52. The van der Waals surface area contributed by atoms with Crippen molar-refractivity contribution >= 4 is 11.8 Å². The van der Waals surface area contributed by atoms with Crippen molar-refractivity contribution in [1.82, 2.24) is 9.88 Å². The Hall–Kier alpha value is -1.97. The Labute approximate surface area is 111 Å². The van der Waals surface area contributed by atoms with E-state index in [1.807, 2.05) is 12.1 Å². The van der Waals surface area contributed by atoms with E-state index in [2.05, 4.69) is 17.1 Å². The second-order valence-corrected chi connectivity index (χ2v) is 5.62. The number of carbonyl (C=O) groups excluding carboxylic acids is 2. The number of carbonyl (C=O) groups is 2. The number of amides is 2. The lowest BCUT2D eigenvalue weighted by molar-refractivity contribution is -0.141. The van der Waals surface area contributed by atoms with Gasteiger partial charge in [0.05, 0.1) is 18.4 Å². The number of hydrogen-bond donors (Lipinski definition) is 0. The van der Waals surface area contributed by atoms with Gasteiger partial charge in [0.2, 0.25) is 11.8 Å². The fourth-order valence-electron chi connectivity index (χ4n) is 3.79. The van der Waals surface area contributed by atoms with E-state index in [9.17, 15) is 9.59 Å². The molecule has 1 aliphatic heterocycles. The van der Waals surface area contributed by atoms with Gasteiger partial charge in [-0.2, -0.15) is 0 Å². The maximum Gasteiger partial charge on any atom is 0.234 e. The lowest BCUT2D eigenvalue weighted by atomic mass is 9.85. The zero-order valence-electron chi connectivity index (χ0n) is 10.4. The van der Waals surface area contributed by atoms with Crippen LogP contribution in [-0.4, -0.2) is 21.7 Å². The van der Waals surface area contributed by atoms with Crippen LogP contribution in [0.4, 0.5) is 0 Å². The number of nitrogens with zero attached hydrogens (tertiary/aromatic N) is 2. The van der Waals surface area contributed by atoms with E-state index in [1.54, 1.807) is 12.4 Å². The largest absolute Gasteiger partial charge is 0.278 e. The summed E-state index contributed by atoms with van der Waals surface area (Å²) in [6, 6.07) is 3.72. The fourth-order valence-corrected chi connectivity index (χ4v) is 3.79. The molecule has 2 fully saturated rings. The van der Waals surface area contributed by atoms with E-state index in [0.29, 0.717) is 6.54 Å². The van der Waals surface area contributed by atoms with Crippen LogP contribution in [0, 0.1) is 23.7 Å². The summed E-state index contributed by atoms with van der Waals surface area (Å²) in [5.41, 5.74) is 0.907. The van der Waals surface area contributed by atoms with E-state index in [-0.39, 0.29) is 35.5 Å². The van der Waals surface area contributed by atoms with Crippen molar-refractivity contribution < 1.29 is 9.59 Å². The third-order valence-electron chi connectivity index (χ3n) is 4.63. The highest BCUT2D eigenvalue weighted by atomic mass is 16.2. The Kier molecular flexibility index (Phi) is 2.16. The molecule has 96 valence electrons. The molecule has 4 atom stereocenters. The summed E-state index contributed by atoms with van der Waals surface area (Å²) >= 11 is 0. The first kappa shape index (κ1) is 10.9. The molecule has 1 aromatic rings. The van der Waals surface area contributed by atoms with Crippen molar-refractivity contribution in [2.24, 2.45) is 23.7 Å². The molecule has 2 bridgehead atoms. The Bertz CT molecular complexity index is 551. The van der Waals surface area contributed by atoms with Crippen molar-refractivity contribution in [2.75, 3.05) is 0 Å². The summed E-state index contributed by atoms with van der Waals surface area (Å²) in [5, 5.41) is 0. The zero-order valence-corrected chi connectivity index (χ0v) is 10.4. The van der Waals surface area contributed by atoms with Crippen LogP contribution >= 0.6 is 0 Å². The quantitative estimate of drug-likeness (QED) is 0.592. The first-order valence-electron chi connectivity index (χ1n) is 6.68. The van der Waals surface area contributed by atoms with Gasteiger partial charge >= 0.3 is 0 Å². The molecule has 1 saturated carbocycles. The standard InChI is InChI=1S/C15H14N2O2/c18-14-12-10-3-4-11(6-10)13(12)15(19)17(14)8-9-2-1-5-16-7-9/h1-5,7,10-13H,6,8H2/t10-,11+,12-,13+. The van der Waals surface area contributed by atoms with Gasteiger partial charge in [0.15, 0.2) is 0 Å². The Morgan fingerprint density at radius 2 is 1.84 bits per heavy atom. The average Bonchev–Trinajstić information content (AvgIpc) is 3.10. The predicted molar refractivity (Wildman–Crippen MR) is 67.5 cm³/mol. The summed E-state index contributed by atoms with van der Waals surface area (Å²) in [5.74, 6) is 0.389. The molecule has 0 radical (unpaired) electrons. The van der Waals surface area contributed by atoms with Crippen LogP contribution in [0.5, 0.6) is 0 Å².